The fourth-order valence-electron chi connectivity index (χ4n) is 1.55. The Morgan fingerprint density at radius 1 is 1.00 bits per heavy atom. The Kier molecular flexibility index (Phi) is 3.56. The summed E-state index contributed by atoms with van der Waals surface area (Å²) < 4.78 is 4.98. The van der Waals surface area contributed by atoms with Crippen LogP contribution in [0.1, 0.15) is 20.7 Å². The minimum atomic E-state index is -1.34. The van der Waals surface area contributed by atoms with Crippen LogP contribution in [0.5, 0.6) is 17.2 Å². The van der Waals surface area contributed by atoms with Crippen LogP contribution in [0, 0.1) is 0 Å². The summed E-state index contributed by atoms with van der Waals surface area (Å²) in [4.78, 5) is 22.6. The van der Waals surface area contributed by atoms with Gasteiger partial charge in [-0.05, 0) is 36.4 Å². The molecule has 0 spiro atoms. The number of phenols is 2. The molecule has 0 saturated heterocycles. The molecule has 0 aliphatic carbocycles. The van der Waals surface area contributed by atoms with E-state index < -0.39 is 17.7 Å². The molecule has 2 rings (SSSR count). The van der Waals surface area contributed by atoms with Crippen LogP contribution in [0.25, 0.3) is 0 Å². The summed E-state index contributed by atoms with van der Waals surface area (Å²) in [6.45, 7) is 0. The smallest absolute Gasteiger partial charge is 0.343 e. The number of hydrogen-bond donors (Lipinski definition) is 3. The molecular weight excluding hydrogens is 264 g/mol. The van der Waals surface area contributed by atoms with Crippen molar-refractivity contribution in [1.29, 1.82) is 0 Å². The molecule has 0 bridgehead atoms. The molecule has 3 N–H and O–H groups in total. The molecule has 0 aliphatic rings. The van der Waals surface area contributed by atoms with E-state index in [9.17, 15) is 19.8 Å². The van der Waals surface area contributed by atoms with Gasteiger partial charge in [0.25, 0.3) is 0 Å². The lowest BCUT2D eigenvalue weighted by molar-refractivity contribution is 0.0684. The molecule has 0 aromatic heterocycles. The van der Waals surface area contributed by atoms with E-state index in [1.54, 1.807) is 0 Å². The number of aromatic carboxylic acids is 1. The predicted octanol–water partition coefficient (Wildman–Crippen LogP) is 2.02. The Hall–Kier alpha value is -3.02. The van der Waals surface area contributed by atoms with Crippen molar-refractivity contribution in [3.63, 3.8) is 0 Å². The summed E-state index contributed by atoms with van der Waals surface area (Å²) in [6, 6.07) is 8.97. The molecule has 2 aromatic rings. The molecule has 6 heteroatoms. The molecule has 20 heavy (non-hydrogen) atoms. The Morgan fingerprint density at radius 3 is 2.40 bits per heavy atom. The zero-order valence-electron chi connectivity index (χ0n) is 10.1. The maximum atomic E-state index is 11.8. The van der Waals surface area contributed by atoms with E-state index in [1.807, 2.05) is 0 Å². The first-order valence-electron chi connectivity index (χ1n) is 5.55. The number of carbonyl (C=O) groups excluding carboxylic acids is 1. The van der Waals surface area contributed by atoms with E-state index >= 15 is 0 Å². The van der Waals surface area contributed by atoms with Crippen LogP contribution in [0.2, 0.25) is 0 Å². The average Bonchev–Trinajstić information content (AvgIpc) is 2.40. The van der Waals surface area contributed by atoms with Crippen LogP contribution in [0.3, 0.4) is 0 Å². The number of carboxylic acid groups (broad SMARTS) is 1. The maximum absolute atomic E-state index is 11.8. The zero-order valence-corrected chi connectivity index (χ0v) is 10.1. The van der Waals surface area contributed by atoms with Crippen molar-refractivity contribution >= 4 is 11.9 Å². The summed E-state index contributed by atoms with van der Waals surface area (Å²) in [6.07, 6.45) is 0. The number of benzene rings is 2. The number of carbonyl (C=O) groups is 2. The third-order valence-corrected chi connectivity index (χ3v) is 2.49. The fraction of sp³-hybridized carbons (Fsp3) is 0. The number of ether oxygens (including phenoxy) is 1. The molecule has 0 radical (unpaired) electrons. The number of carboxylic acids is 1. The third kappa shape index (κ3) is 2.86. The SMILES string of the molecule is O=C(Oc1ccc(O)c(C(=O)O)c1)c1cccc(O)c1. The largest absolute Gasteiger partial charge is 0.508 e. The standard InChI is InChI=1S/C14H10O6/c15-9-3-1-2-8(6-9)14(19)20-10-4-5-12(16)11(7-10)13(17)18/h1-7,15-16H,(H,17,18). The quantitative estimate of drug-likeness (QED) is 0.584. The first-order valence-corrected chi connectivity index (χ1v) is 5.55. The second kappa shape index (κ2) is 5.31. The van der Waals surface area contributed by atoms with Crippen molar-refractivity contribution in [3.8, 4) is 17.2 Å². The first kappa shape index (κ1) is 13.4. The number of hydrogen-bond acceptors (Lipinski definition) is 5. The minimum Gasteiger partial charge on any atom is -0.508 e. The van der Waals surface area contributed by atoms with Crippen LogP contribution >= 0.6 is 0 Å². The van der Waals surface area contributed by atoms with Gasteiger partial charge in [-0.2, -0.15) is 0 Å². The van der Waals surface area contributed by atoms with Crippen molar-refractivity contribution in [2.24, 2.45) is 0 Å². The minimum absolute atomic E-state index is 0.0199. The van der Waals surface area contributed by atoms with E-state index in [0.717, 1.165) is 12.1 Å². The molecule has 0 heterocycles. The second-order valence-electron chi connectivity index (χ2n) is 3.92. The average molecular weight is 274 g/mol. The van der Waals surface area contributed by atoms with E-state index in [4.69, 9.17) is 9.84 Å². The predicted molar refractivity (Wildman–Crippen MR) is 68.1 cm³/mol. The molecule has 0 amide bonds. The molecule has 6 nitrogen and oxygen atoms in total. The lowest BCUT2D eigenvalue weighted by Gasteiger charge is -2.06. The van der Waals surface area contributed by atoms with Crippen LogP contribution < -0.4 is 4.74 Å². The van der Waals surface area contributed by atoms with Gasteiger partial charge in [-0.15, -0.1) is 0 Å². The van der Waals surface area contributed by atoms with Gasteiger partial charge in [-0.1, -0.05) is 6.07 Å². The van der Waals surface area contributed by atoms with Crippen molar-refractivity contribution in [1.82, 2.24) is 0 Å². The Balaban J connectivity index is 2.24. The van der Waals surface area contributed by atoms with Crippen LogP contribution in [0.15, 0.2) is 42.5 Å². The lowest BCUT2D eigenvalue weighted by atomic mass is 10.2. The highest BCUT2D eigenvalue weighted by Crippen LogP contribution is 2.24. The fourth-order valence-corrected chi connectivity index (χ4v) is 1.55. The summed E-state index contributed by atoms with van der Waals surface area (Å²) in [5, 5.41) is 27.4. The topological polar surface area (TPSA) is 104 Å². The van der Waals surface area contributed by atoms with E-state index in [1.165, 1.54) is 30.3 Å². The molecule has 2 aromatic carbocycles. The highest BCUT2D eigenvalue weighted by molar-refractivity contribution is 5.93. The van der Waals surface area contributed by atoms with Crippen molar-refractivity contribution in [3.05, 3.63) is 53.6 Å². The van der Waals surface area contributed by atoms with Gasteiger partial charge in [0.1, 0.15) is 22.8 Å². The summed E-state index contributed by atoms with van der Waals surface area (Å²) in [5.41, 5.74) is -0.249. The van der Waals surface area contributed by atoms with Gasteiger partial charge < -0.3 is 20.1 Å². The number of esters is 1. The van der Waals surface area contributed by atoms with Crippen LogP contribution in [-0.4, -0.2) is 27.3 Å². The maximum Gasteiger partial charge on any atom is 0.343 e. The molecule has 0 unspecified atom stereocenters. The van der Waals surface area contributed by atoms with Gasteiger partial charge in [0.05, 0.1) is 5.56 Å². The van der Waals surface area contributed by atoms with Gasteiger partial charge >= 0.3 is 11.9 Å². The number of rotatable bonds is 3. The van der Waals surface area contributed by atoms with Crippen molar-refractivity contribution in [2.75, 3.05) is 0 Å². The second-order valence-corrected chi connectivity index (χ2v) is 3.92. The Labute approximate surface area is 113 Å². The number of phenolic OH excluding ortho intramolecular Hbond substituents is 1. The summed E-state index contributed by atoms with van der Waals surface area (Å²) >= 11 is 0. The normalized spacial score (nSPS) is 10.0. The van der Waals surface area contributed by atoms with Crippen molar-refractivity contribution in [2.45, 2.75) is 0 Å². The van der Waals surface area contributed by atoms with Gasteiger partial charge in [-0.3, -0.25) is 0 Å². The zero-order chi connectivity index (χ0) is 14.7. The van der Waals surface area contributed by atoms with Crippen LogP contribution in [0.4, 0.5) is 0 Å². The molecular formula is C14H10O6. The van der Waals surface area contributed by atoms with Crippen LogP contribution in [-0.2, 0) is 0 Å². The molecule has 0 saturated carbocycles. The Morgan fingerprint density at radius 2 is 1.75 bits per heavy atom. The number of aromatic hydroxyl groups is 2. The molecule has 102 valence electrons. The third-order valence-electron chi connectivity index (χ3n) is 2.49. The van der Waals surface area contributed by atoms with Gasteiger partial charge in [-0.25, -0.2) is 9.59 Å². The monoisotopic (exact) mass is 274 g/mol. The molecule has 0 fully saturated rings. The Bertz CT molecular complexity index is 677. The molecule has 0 atom stereocenters. The van der Waals surface area contributed by atoms with E-state index in [0.29, 0.717) is 0 Å². The van der Waals surface area contributed by atoms with Gasteiger partial charge in [0, 0.05) is 0 Å². The first-order chi connectivity index (χ1) is 9.47. The van der Waals surface area contributed by atoms with E-state index in [2.05, 4.69) is 0 Å². The lowest BCUT2D eigenvalue weighted by Crippen LogP contribution is -2.09. The van der Waals surface area contributed by atoms with Crippen molar-refractivity contribution < 1.29 is 29.6 Å². The highest BCUT2D eigenvalue weighted by Gasteiger charge is 2.14. The summed E-state index contributed by atoms with van der Waals surface area (Å²) in [7, 11) is 0. The van der Waals surface area contributed by atoms with E-state index in [-0.39, 0.29) is 22.6 Å². The van der Waals surface area contributed by atoms with Gasteiger partial charge in [0.15, 0.2) is 0 Å². The van der Waals surface area contributed by atoms with Gasteiger partial charge in [0.2, 0.25) is 0 Å². The molecule has 0 aliphatic heterocycles. The highest BCUT2D eigenvalue weighted by atomic mass is 16.5. The summed E-state index contributed by atoms with van der Waals surface area (Å²) in [5.74, 6) is -2.61.